The van der Waals surface area contributed by atoms with E-state index in [0.29, 0.717) is 16.1 Å². The maximum Gasteiger partial charge on any atom is 0.251 e. The van der Waals surface area contributed by atoms with E-state index >= 15 is 0 Å². The Bertz CT molecular complexity index is 1140. The fourth-order valence-corrected chi connectivity index (χ4v) is 4.94. The van der Waals surface area contributed by atoms with Crippen LogP contribution in [0, 0.1) is 0 Å². The number of amides is 1. The van der Waals surface area contributed by atoms with Crippen molar-refractivity contribution in [3.63, 3.8) is 0 Å². The Kier molecular flexibility index (Phi) is 6.82. The normalized spacial score (nSPS) is 12.9. The van der Waals surface area contributed by atoms with Crippen LogP contribution in [0.15, 0.2) is 78.0 Å². The summed E-state index contributed by atoms with van der Waals surface area (Å²) in [5, 5.41) is 2.23. The van der Waals surface area contributed by atoms with Gasteiger partial charge in [-0.3, -0.25) is 9.78 Å². The predicted octanol–water partition coefficient (Wildman–Crippen LogP) is 4.98. The summed E-state index contributed by atoms with van der Waals surface area (Å²) in [6, 6.07) is 16.7. The highest BCUT2D eigenvalue weighted by Gasteiger charge is 2.30. The van der Waals surface area contributed by atoms with E-state index in [9.17, 15) is 13.2 Å². The van der Waals surface area contributed by atoms with Crippen LogP contribution in [-0.4, -0.2) is 25.9 Å². The number of hydrogen-bond donors (Lipinski definition) is 1. The number of rotatable bonds is 6. The third kappa shape index (κ3) is 5.51. The summed E-state index contributed by atoms with van der Waals surface area (Å²) in [5.41, 5.74) is 2.07. The van der Waals surface area contributed by atoms with Crippen molar-refractivity contribution >= 4 is 27.3 Å². The van der Waals surface area contributed by atoms with Crippen LogP contribution in [0.3, 0.4) is 0 Å². The first-order valence-electron chi connectivity index (χ1n) is 9.87. The lowest BCUT2D eigenvalue weighted by Crippen LogP contribution is -2.32. The van der Waals surface area contributed by atoms with E-state index in [1.54, 1.807) is 30.5 Å². The van der Waals surface area contributed by atoms with Gasteiger partial charge in [-0.25, -0.2) is 8.42 Å². The van der Waals surface area contributed by atoms with E-state index in [-0.39, 0.29) is 22.8 Å². The minimum absolute atomic E-state index is 0.0208. The number of hydrogen-bond acceptors (Lipinski definition) is 4. The first-order chi connectivity index (χ1) is 14.6. The SMILES string of the molecule is CC(C)(C)c1ccc(C(=O)NCC(c2cccnc2)S(=O)(=O)c2ccc(Cl)cc2)cc1. The van der Waals surface area contributed by atoms with Crippen LogP contribution in [-0.2, 0) is 15.3 Å². The molecule has 1 N–H and O–H groups in total. The summed E-state index contributed by atoms with van der Waals surface area (Å²) in [4.78, 5) is 16.9. The Labute approximate surface area is 188 Å². The van der Waals surface area contributed by atoms with Gasteiger partial charge in [-0.15, -0.1) is 0 Å². The van der Waals surface area contributed by atoms with Gasteiger partial charge in [0.05, 0.1) is 4.90 Å². The fraction of sp³-hybridized carbons (Fsp3) is 0.250. The Morgan fingerprint density at radius 2 is 1.68 bits per heavy atom. The molecule has 162 valence electrons. The molecule has 1 amide bonds. The monoisotopic (exact) mass is 456 g/mol. The van der Waals surface area contributed by atoms with Crippen molar-refractivity contribution in [2.24, 2.45) is 0 Å². The Morgan fingerprint density at radius 1 is 1.03 bits per heavy atom. The molecule has 0 fully saturated rings. The van der Waals surface area contributed by atoms with E-state index < -0.39 is 15.1 Å². The lowest BCUT2D eigenvalue weighted by molar-refractivity contribution is 0.0953. The molecule has 0 spiro atoms. The van der Waals surface area contributed by atoms with Gasteiger partial charge in [0.25, 0.3) is 5.91 Å². The zero-order valence-corrected chi connectivity index (χ0v) is 19.2. The van der Waals surface area contributed by atoms with Gasteiger partial charge in [0.1, 0.15) is 5.25 Å². The number of benzene rings is 2. The number of halogens is 1. The van der Waals surface area contributed by atoms with Crippen LogP contribution in [0.25, 0.3) is 0 Å². The number of nitrogens with zero attached hydrogens (tertiary/aromatic N) is 1. The van der Waals surface area contributed by atoms with Crippen LogP contribution in [0.1, 0.15) is 47.5 Å². The third-order valence-corrected chi connectivity index (χ3v) is 7.40. The molecule has 2 aromatic carbocycles. The van der Waals surface area contributed by atoms with Crippen molar-refractivity contribution < 1.29 is 13.2 Å². The summed E-state index contributed by atoms with van der Waals surface area (Å²) in [5.74, 6) is -0.333. The van der Waals surface area contributed by atoms with Crippen molar-refractivity contribution in [2.45, 2.75) is 36.3 Å². The first-order valence-corrected chi connectivity index (χ1v) is 11.8. The molecule has 1 heterocycles. The van der Waals surface area contributed by atoms with E-state index in [1.165, 1.54) is 30.5 Å². The van der Waals surface area contributed by atoms with Crippen molar-refractivity contribution in [1.29, 1.82) is 0 Å². The Balaban J connectivity index is 1.84. The molecule has 31 heavy (non-hydrogen) atoms. The van der Waals surface area contributed by atoms with Crippen LogP contribution in [0.2, 0.25) is 5.02 Å². The maximum absolute atomic E-state index is 13.3. The van der Waals surface area contributed by atoms with Crippen molar-refractivity contribution in [3.05, 3.63) is 94.8 Å². The minimum atomic E-state index is -3.79. The van der Waals surface area contributed by atoms with Crippen LogP contribution >= 0.6 is 11.6 Å². The largest absolute Gasteiger partial charge is 0.350 e. The van der Waals surface area contributed by atoms with Crippen LogP contribution < -0.4 is 5.32 Å². The first kappa shape index (κ1) is 23.0. The molecule has 1 unspecified atom stereocenters. The van der Waals surface area contributed by atoms with Crippen LogP contribution in [0.5, 0.6) is 0 Å². The number of sulfone groups is 1. The zero-order chi connectivity index (χ0) is 22.6. The van der Waals surface area contributed by atoms with E-state index in [2.05, 4.69) is 31.1 Å². The molecule has 0 aliphatic heterocycles. The Hall–Kier alpha value is -2.70. The summed E-state index contributed by atoms with van der Waals surface area (Å²) < 4.78 is 26.7. The topological polar surface area (TPSA) is 76.1 Å². The van der Waals surface area contributed by atoms with Gasteiger partial charge in [0.2, 0.25) is 0 Å². The van der Waals surface area contributed by atoms with Crippen molar-refractivity contribution in [2.75, 3.05) is 6.54 Å². The number of pyridine rings is 1. The highest BCUT2D eigenvalue weighted by molar-refractivity contribution is 7.91. The molecule has 0 bridgehead atoms. The van der Waals surface area contributed by atoms with Gasteiger partial charge in [-0.05, 0) is 59.0 Å². The minimum Gasteiger partial charge on any atom is -0.350 e. The number of carbonyl (C=O) groups excluding carboxylic acids is 1. The zero-order valence-electron chi connectivity index (χ0n) is 17.7. The van der Waals surface area contributed by atoms with Gasteiger partial charge in [-0.1, -0.05) is 50.6 Å². The van der Waals surface area contributed by atoms with E-state index in [0.717, 1.165) is 5.56 Å². The molecule has 0 saturated carbocycles. The molecule has 1 atom stereocenters. The molecule has 5 nitrogen and oxygen atoms in total. The standard InChI is InChI=1S/C24H25ClN2O3S/c1-24(2,3)19-8-6-17(7-9-19)23(28)27-16-22(18-5-4-14-26-15-18)31(29,30)21-12-10-20(25)11-13-21/h4-15,22H,16H2,1-3H3,(H,27,28). The van der Waals surface area contributed by atoms with E-state index in [4.69, 9.17) is 11.6 Å². The smallest absolute Gasteiger partial charge is 0.251 e. The fourth-order valence-electron chi connectivity index (χ4n) is 3.17. The van der Waals surface area contributed by atoms with Crippen molar-refractivity contribution in [3.8, 4) is 0 Å². The van der Waals surface area contributed by atoms with Crippen molar-refractivity contribution in [1.82, 2.24) is 10.3 Å². The summed E-state index contributed by atoms with van der Waals surface area (Å²) in [7, 11) is -3.79. The summed E-state index contributed by atoms with van der Waals surface area (Å²) >= 11 is 5.91. The number of carbonyl (C=O) groups is 1. The molecule has 0 aliphatic carbocycles. The molecule has 3 rings (SSSR count). The summed E-state index contributed by atoms with van der Waals surface area (Å²) in [6.45, 7) is 6.21. The average molecular weight is 457 g/mol. The molecular formula is C24H25ClN2O3S. The molecule has 0 saturated heterocycles. The highest BCUT2D eigenvalue weighted by atomic mass is 35.5. The second-order valence-corrected chi connectivity index (χ2v) is 10.9. The molecule has 3 aromatic rings. The highest BCUT2D eigenvalue weighted by Crippen LogP contribution is 2.29. The lowest BCUT2D eigenvalue weighted by atomic mass is 9.87. The molecule has 7 heteroatoms. The average Bonchev–Trinajstić information content (AvgIpc) is 2.74. The quantitative estimate of drug-likeness (QED) is 0.567. The van der Waals surface area contributed by atoms with Gasteiger partial charge in [-0.2, -0.15) is 0 Å². The lowest BCUT2D eigenvalue weighted by Gasteiger charge is -2.20. The van der Waals surface area contributed by atoms with Gasteiger partial charge < -0.3 is 5.32 Å². The molecule has 0 radical (unpaired) electrons. The molecule has 0 aliphatic rings. The number of nitrogens with one attached hydrogen (secondary N) is 1. The second-order valence-electron chi connectivity index (χ2n) is 8.31. The number of aromatic nitrogens is 1. The van der Waals surface area contributed by atoms with Gasteiger partial charge >= 0.3 is 0 Å². The van der Waals surface area contributed by atoms with Gasteiger partial charge in [0, 0.05) is 29.5 Å². The summed E-state index contributed by atoms with van der Waals surface area (Å²) in [6.07, 6.45) is 3.08. The van der Waals surface area contributed by atoms with Crippen LogP contribution in [0.4, 0.5) is 0 Å². The predicted molar refractivity (Wildman–Crippen MR) is 123 cm³/mol. The maximum atomic E-state index is 13.3. The molecular weight excluding hydrogens is 432 g/mol. The Morgan fingerprint density at radius 3 is 2.23 bits per heavy atom. The second kappa shape index (κ2) is 9.20. The van der Waals surface area contributed by atoms with E-state index in [1.807, 2.05) is 12.1 Å². The molecule has 1 aromatic heterocycles. The third-order valence-electron chi connectivity index (χ3n) is 5.03. The van der Waals surface area contributed by atoms with Gasteiger partial charge in [0.15, 0.2) is 9.84 Å².